The summed E-state index contributed by atoms with van der Waals surface area (Å²) < 4.78 is 0. The molecule has 1 heterocycles. The van der Waals surface area contributed by atoms with Gasteiger partial charge in [0.2, 0.25) is 11.8 Å². The Morgan fingerprint density at radius 1 is 1.40 bits per heavy atom. The van der Waals surface area contributed by atoms with Gasteiger partial charge in [-0.05, 0) is 26.8 Å². The summed E-state index contributed by atoms with van der Waals surface area (Å²) in [6.07, 6.45) is 0.265. The molecular formula is C9H15N3O3. The molecule has 15 heavy (non-hydrogen) atoms. The van der Waals surface area contributed by atoms with Gasteiger partial charge in [-0.2, -0.15) is 0 Å². The van der Waals surface area contributed by atoms with Crippen molar-refractivity contribution in [1.29, 1.82) is 0 Å². The van der Waals surface area contributed by atoms with Crippen LogP contribution in [-0.2, 0) is 9.59 Å². The Morgan fingerprint density at radius 3 is 2.47 bits per heavy atom. The third-order valence-corrected chi connectivity index (χ3v) is 2.27. The second-order valence-electron chi connectivity index (χ2n) is 3.73. The van der Waals surface area contributed by atoms with E-state index >= 15 is 0 Å². The van der Waals surface area contributed by atoms with E-state index in [-0.39, 0.29) is 19.0 Å². The van der Waals surface area contributed by atoms with Gasteiger partial charge < -0.3 is 5.73 Å². The van der Waals surface area contributed by atoms with Crippen molar-refractivity contribution in [2.45, 2.75) is 26.3 Å². The standard InChI is InChI=1S/C9H15N3O3/c1-5(2)12-8(14)6(3-4-10)7(13)11-9(12)15/h5-6H,3-4,10H2,1-2H3,(H,11,13,15). The lowest BCUT2D eigenvalue weighted by Crippen LogP contribution is -2.60. The average molecular weight is 213 g/mol. The third kappa shape index (κ3) is 2.15. The molecule has 1 unspecified atom stereocenters. The minimum absolute atomic E-state index is 0.240. The van der Waals surface area contributed by atoms with Crippen molar-refractivity contribution in [1.82, 2.24) is 10.2 Å². The van der Waals surface area contributed by atoms with Gasteiger partial charge in [0.1, 0.15) is 5.92 Å². The topological polar surface area (TPSA) is 92.5 Å². The fourth-order valence-corrected chi connectivity index (χ4v) is 1.54. The molecule has 0 aromatic heterocycles. The normalized spacial score (nSPS) is 22.3. The molecule has 1 atom stereocenters. The molecule has 0 aromatic carbocycles. The lowest BCUT2D eigenvalue weighted by Gasteiger charge is -2.32. The van der Waals surface area contributed by atoms with E-state index in [0.29, 0.717) is 0 Å². The van der Waals surface area contributed by atoms with Crippen LogP contribution in [0.3, 0.4) is 0 Å². The molecule has 3 N–H and O–H groups in total. The monoisotopic (exact) mass is 213 g/mol. The molecule has 0 saturated carbocycles. The van der Waals surface area contributed by atoms with E-state index in [2.05, 4.69) is 5.32 Å². The summed E-state index contributed by atoms with van der Waals surface area (Å²) in [5.41, 5.74) is 5.30. The largest absolute Gasteiger partial charge is 0.331 e. The predicted octanol–water partition coefficient (Wildman–Crippen LogP) is -0.562. The highest BCUT2D eigenvalue weighted by Gasteiger charge is 2.40. The molecule has 1 aliphatic heterocycles. The number of carbonyl (C=O) groups is 3. The highest BCUT2D eigenvalue weighted by molar-refractivity contribution is 6.16. The number of nitrogens with zero attached hydrogens (tertiary/aromatic N) is 1. The van der Waals surface area contributed by atoms with Crippen molar-refractivity contribution in [3.63, 3.8) is 0 Å². The summed E-state index contributed by atoms with van der Waals surface area (Å²) in [5.74, 6) is -1.83. The van der Waals surface area contributed by atoms with Crippen molar-refractivity contribution in [2.24, 2.45) is 11.7 Å². The highest BCUT2D eigenvalue weighted by Crippen LogP contribution is 2.15. The molecule has 1 fully saturated rings. The van der Waals surface area contributed by atoms with Crippen LogP contribution in [0.5, 0.6) is 0 Å². The predicted molar refractivity (Wildman–Crippen MR) is 52.7 cm³/mol. The van der Waals surface area contributed by atoms with E-state index in [1.165, 1.54) is 0 Å². The number of barbiturate groups is 1. The number of rotatable bonds is 3. The first-order chi connectivity index (χ1) is 6.99. The van der Waals surface area contributed by atoms with E-state index in [1.807, 2.05) is 0 Å². The van der Waals surface area contributed by atoms with E-state index < -0.39 is 23.8 Å². The number of imide groups is 2. The highest BCUT2D eigenvalue weighted by atomic mass is 16.2. The minimum Gasteiger partial charge on any atom is -0.330 e. The van der Waals surface area contributed by atoms with Crippen molar-refractivity contribution in [2.75, 3.05) is 6.54 Å². The second kappa shape index (κ2) is 4.39. The zero-order valence-corrected chi connectivity index (χ0v) is 8.82. The van der Waals surface area contributed by atoms with Crippen molar-refractivity contribution >= 4 is 17.8 Å². The van der Waals surface area contributed by atoms with E-state index in [9.17, 15) is 14.4 Å². The lowest BCUT2D eigenvalue weighted by atomic mass is 10.00. The van der Waals surface area contributed by atoms with Crippen LogP contribution in [0.2, 0.25) is 0 Å². The third-order valence-electron chi connectivity index (χ3n) is 2.27. The van der Waals surface area contributed by atoms with Crippen molar-refractivity contribution < 1.29 is 14.4 Å². The number of urea groups is 1. The molecule has 6 nitrogen and oxygen atoms in total. The van der Waals surface area contributed by atoms with Gasteiger partial charge in [0.05, 0.1) is 0 Å². The molecule has 0 spiro atoms. The Labute approximate surface area is 87.8 Å². The number of nitrogens with two attached hydrogens (primary N) is 1. The molecule has 1 aliphatic rings. The number of carbonyl (C=O) groups excluding carboxylic acids is 3. The zero-order chi connectivity index (χ0) is 11.6. The second-order valence-corrected chi connectivity index (χ2v) is 3.73. The van der Waals surface area contributed by atoms with Crippen LogP contribution in [0.15, 0.2) is 0 Å². The maximum absolute atomic E-state index is 11.8. The van der Waals surface area contributed by atoms with Gasteiger partial charge in [-0.1, -0.05) is 0 Å². The summed E-state index contributed by atoms with van der Waals surface area (Å²) in [5, 5.41) is 2.15. The molecule has 0 radical (unpaired) electrons. The fourth-order valence-electron chi connectivity index (χ4n) is 1.54. The smallest absolute Gasteiger partial charge is 0.330 e. The molecule has 0 aromatic rings. The Kier molecular flexibility index (Phi) is 3.41. The molecule has 1 rings (SSSR count). The summed E-state index contributed by atoms with van der Waals surface area (Å²) in [6, 6.07) is -0.904. The van der Waals surface area contributed by atoms with Crippen LogP contribution in [0.4, 0.5) is 4.79 Å². The van der Waals surface area contributed by atoms with Gasteiger partial charge in [-0.3, -0.25) is 19.8 Å². The van der Waals surface area contributed by atoms with Crippen LogP contribution in [0, 0.1) is 5.92 Å². The molecule has 6 heteroatoms. The fraction of sp³-hybridized carbons (Fsp3) is 0.667. The quantitative estimate of drug-likeness (QED) is 0.614. The SMILES string of the molecule is CC(C)N1C(=O)NC(=O)C(CCN)C1=O. The molecule has 1 saturated heterocycles. The lowest BCUT2D eigenvalue weighted by molar-refractivity contribution is -0.143. The van der Waals surface area contributed by atoms with E-state index in [1.54, 1.807) is 13.8 Å². The first-order valence-electron chi connectivity index (χ1n) is 4.87. The van der Waals surface area contributed by atoms with E-state index in [4.69, 9.17) is 5.73 Å². The Bertz CT molecular complexity index is 301. The van der Waals surface area contributed by atoms with Gasteiger partial charge >= 0.3 is 6.03 Å². The van der Waals surface area contributed by atoms with Gasteiger partial charge in [-0.15, -0.1) is 0 Å². The number of hydrogen-bond donors (Lipinski definition) is 2. The van der Waals surface area contributed by atoms with Gasteiger partial charge in [0, 0.05) is 6.04 Å². The maximum atomic E-state index is 11.8. The Morgan fingerprint density at radius 2 is 2.00 bits per heavy atom. The first-order valence-corrected chi connectivity index (χ1v) is 4.87. The van der Waals surface area contributed by atoms with Crippen LogP contribution >= 0.6 is 0 Å². The summed E-state index contributed by atoms with van der Waals surface area (Å²) in [4.78, 5) is 35.5. The number of nitrogens with one attached hydrogen (secondary N) is 1. The van der Waals surface area contributed by atoms with Crippen LogP contribution < -0.4 is 11.1 Å². The Balaban J connectivity index is 2.89. The van der Waals surface area contributed by atoms with Crippen LogP contribution in [0.25, 0.3) is 0 Å². The Hall–Kier alpha value is -1.43. The van der Waals surface area contributed by atoms with Gasteiger partial charge in [0.25, 0.3) is 0 Å². The van der Waals surface area contributed by atoms with Crippen molar-refractivity contribution in [3.05, 3.63) is 0 Å². The van der Waals surface area contributed by atoms with E-state index in [0.717, 1.165) is 4.90 Å². The molecule has 0 aliphatic carbocycles. The summed E-state index contributed by atoms with van der Waals surface area (Å²) >= 11 is 0. The molecular weight excluding hydrogens is 198 g/mol. The van der Waals surface area contributed by atoms with Gasteiger partial charge in [-0.25, -0.2) is 4.79 Å². The van der Waals surface area contributed by atoms with Crippen LogP contribution in [0.1, 0.15) is 20.3 Å². The maximum Gasteiger partial charge on any atom is 0.331 e. The average Bonchev–Trinajstić information content (AvgIpc) is 2.11. The van der Waals surface area contributed by atoms with Crippen molar-refractivity contribution in [3.8, 4) is 0 Å². The number of amides is 4. The molecule has 84 valence electrons. The zero-order valence-electron chi connectivity index (χ0n) is 8.82. The van der Waals surface area contributed by atoms with Gasteiger partial charge in [0.15, 0.2) is 0 Å². The molecule has 0 bridgehead atoms. The van der Waals surface area contributed by atoms with Crippen LogP contribution in [-0.4, -0.2) is 35.3 Å². The molecule has 4 amide bonds. The number of hydrogen-bond acceptors (Lipinski definition) is 4. The first kappa shape index (κ1) is 11.6. The minimum atomic E-state index is -0.824. The summed E-state index contributed by atoms with van der Waals surface area (Å²) in [7, 11) is 0. The summed E-state index contributed by atoms with van der Waals surface area (Å²) in [6.45, 7) is 3.67.